The quantitative estimate of drug-likeness (QED) is 0.681. The summed E-state index contributed by atoms with van der Waals surface area (Å²) in [4.78, 5) is 14.5. The molecule has 8 heteroatoms. The van der Waals surface area contributed by atoms with E-state index in [2.05, 4.69) is 5.32 Å². The van der Waals surface area contributed by atoms with Gasteiger partial charge in [0.05, 0.1) is 6.26 Å². The van der Waals surface area contributed by atoms with Gasteiger partial charge in [0.15, 0.2) is 0 Å². The molecule has 27 heavy (non-hydrogen) atoms. The maximum absolute atomic E-state index is 12.8. The summed E-state index contributed by atoms with van der Waals surface area (Å²) in [6.07, 6.45) is 1.76. The fourth-order valence-electron chi connectivity index (χ4n) is 2.48. The average molecular weight is 411 g/mol. The second kappa shape index (κ2) is 9.10. The first-order chi connectivity index (χ1) is 12.7. The number of hydrogen-bond donors (Lipinski definition) is 1. The first-order valence-corrected chi connectivity index (χ1v) is 10.7. The summed E-state index contributed by atoms with van der Waals surface area (Å²) in [5, 5.41) is 3.38. The van der Waals surface area contributed by atoms with Crippen LogP contribution in [0.5, 0.6) is 5.75 Å². The van der Waals surface area contributed by atoms with E-state index in [4.69, 9.17) is 15.8 Å². The highest BCUT2D eigenvalue weighted by Crippen LogP contribution is 2.20. The summed E-state index contributed by atoms with van der Waals surface area (Å²) in [5.41, 5.74) is 1.37. The van der Waals surface area contributed by atoms with Crippen LogP contribution >= 0.6 is 11.6 Å². The van der Waals surface area contributed by atoms with Crippen molar-refractivity contribution >= 4 is 33.4 Å². The van der Waals surface area contributed by atoms with Gasteiger partial charge in [-0.1, -0.05) is 36.7 Å². The van der Waals surface area contributed by atoms with E-state index >= 15 is 0 Å². The Morgan fingerprint density at radius 1 is 1.22 bits per heavy atom. The molecule has 0 spiro atoms. The second-order valence-electron chi connectivity index (χ2n) is 6.26. The standard InChI is InChI=1S/C19H23ClN2O4S/c1-4-14(2)22(19(23)21-17-9-6-8-16(20)12-17)13-15-7-5-10-18(11-15)26-27(3,24)25/h5-12,14H,4,13H2,1-3H3,(H,21,23). The predicted octanol–water partition coefficient (Wildman–Crippen LogP) is 4.51. The smallest absolute Gasteiger partial charge is 0.322 e. The van der Waals surface area contributed by atoms with Crippen LogP contribution in [0.15, 0.2) is 48.5 Å². The minimum atomic E-state index is -3.61. The Kier molecular flexibility index (Phi) is 7.10. The highest BCUT2D eigenvalue weighted by molar-refractivity contribution is 7.86. The topological polar surface area (TPSA) is 75.7 Å². The molecule has 1 N–H and O–H groups in total. The molecule has 2 amide bonds. The summed E-state index contributed by atoms with van der Waals surface area (Å²) in [6, 6.07) is 13.3. The predicted molar refractivity (Wildman–Crippen MR) is 108 cm³/mol. The molecule has 1 unspecified atom stereocenters. The zero-order chi connectivity index (χ0) is 20.0. The van der Waals surface area contributed by atoms with Crippen molar-refractivity contribution in [3.05, 3.63) is 59.1 Å². The van der Waals surface area contributed by atoms with Crippen LogP contribution in [0.3, 0.4) is 0 Å². The van der Waals surface area contributed by atoms with Crippen LogP contribution in [0.4, 0.5) is 10.5 Å². The van der Waals surface area contributed by atoms with Gasteiger partial charge in [-0.05, 0) is 49.2 Å². The Morgan fingerprint density at radius 2 is 1.93 bits per heavy atom. The third-order valence-corrected chi connectivity index (χ3v) is 4.69. The number of urea groups is 1. The largest absolute Gasteiger partial charge is 0.383 e. The van der Waals surface area contributed by atoms with Crippen molar-refractivity contribution in [1.82, 2.24) is 4.90 Å². The van der Waals surface area contributed by atoms with Crippen molar-refractivity contribution in [2.75, 3.05) is 11.6 Å². The Bertz CT molecular complexity index is 902. The van der Waals surface area contributed by atoms with Crippen LogP contribution in [0.2, 0.25) is 5.02 Å². The van der Waals surface area contributed by atoms with E-state index < -0.39 is 10.1 Å². The van der Waals surface area contributed by atoms with Crippen molar-refractivity contribution < 1.29 is 17.4 Å². The molecule has 1 atom stereocenters. The summed E-state index contributed by atoms with van der Waals surface area (Å²) >= 11 is 5.97. The van der Waals surface area contributed by atoms with Crippen molar-refractivity contribution in [1.29, 1.82) is 0 Å². The summed E-state index contributed by atoms with van der Waals surface area (Å²) in [6.45, 7) is 4.25. The minimum absolute atomic E-state index is 0.0244. The van der Waals surface area contributed by atoms with Gasteiger partial charge >= 0.3 is 16.1 Å². The van der Waals surface area contributed by atoms with Gasteiger partial charge in [-0.15, -0.1) is 0 Å². The monoisotopic (exact) mass is 410 g/mol. The van der Waals surface area contributed by atoms with Gasteiger partial charge in [0.25, 0.3) is 0 Å². The molecule has 2 aromatic rings. The summed E-state index contributed by atoms with van der Waals surface area (Å²) in [7, 11) is -3.61. The highest BCUT2D eigenvalue weighted by Gasteiger charge is 2.20. The molecule has 0 saturated carbocycles. The molecule has 0 aliphatic carbocycles. The Hall–Kier alpha value is -2.25. The SMILES string of the molecule is CCC(C)N(Cc1cccc(OS(C)(=O)=O)c1)C(=O)Nc1cccc(Cl)c1. The van der Waals surface area contributed by atoms with Crippen LogP contribution in [-0.2, 0) is 16.7 Å². The molecule has 0 heterocycles. The zero-order valence-corrected chi connectivity index (χ0v) is 17.0. The fourth-order valence-corrected chi connectivity index (χ4v) is 3.12. The first kappa shape index (κ1) is 21.1. The van der Waals surface area contributed by atoms with Gasteiger partial charge in [-0.25, -0.2) is 4.79 Å². The van der Waals surface area contributed by atoms with E-state index in [1.807, 2.05) is 19.9 Å². The number of benzene rings is 2. The maximum atomic E-state index is 12.8. The number of anilines is 1. The number of amides is 2. The van der Waals surface area contributed by atoms with Crippen molar-refractivity contribution in [3.63, 3.8) is 0 Å². The van der Waals surface area contributed by atoms with Crippen LogP contribution in [0.25, 0.3) is 0 Å². The van der Waals surface area contributed by atoms with Crippen LogP contribution in [0.1, 0.15) is 25.8 Å². The molecule has 0 aromatic heterocycles. The summed E-state index contributed by atoms with van der Waals surface area (Å²) in [5.74, 6) is 0.217. The normalized spacial score (nSPS) is 12.3. The van der Waals surface area contributed by atoms with E-state index in [1.54, 1.807) is 47.4 Å². The molecule has 0 aliphatic heterocycles. The molecule has 0 radical (unpaired) electrons. The minimum Gasteiger partial charge on any atom is -0.383 e. The molecule has 146 valence electrons. The number of nitrogens with one attached hydrogen (secondary N) is 1. The second-order valence-corrected chi connectivity index (χ2v) is 8.27. The van der Waals surface area contributed by atoms with Gasteiger partial charge < -0.3 is 14.4 Å². The zero-order valence-electron chi connectivity index (χ0n) is 15.5. The van der Waals surface area contributed by atoms with E-state index in [-0.39, 0.29) is 17.8 Å². The molecule has 0 saturated heterocycles. The van der Waals surface area contributed by atoms with Crippen molar-refractivity contribution in [2.24, 2.45) is 0 Å². The van der Waals surface area contributed by atoms with E-state index in [1.165, 1.54) is 0 Å². The molecular weight excluding hydrogens is 388 g/mol. The van der Waals surface area contributed by atoms with Gasteiger partial charge in [0, 0.05) is 23.3 Å². The van der Waals surface area contributed by atoms with Crippen LogP contribution in [-0.4, -0.2) is 31.6 Å². The molecule has 0 fully saturated rings. The lowest BCUT2D eigenvalue weighted by molar-refractivity contribution is 0.187. The Labute approximate surface area is 165 Å². The molecular formula is C19H23ClN2O4S. The Balaban J connectivity index is 2.19. The van der Waals surface area contributed by atoms with Gasteiger partial charge in [0.2, 0.25) is 0 Å². The van der Waals surface area contributed by atoms with E-state index in [9.17, 15) is 13.2 Å². The molecule has 6 nitrogen and oxygen atoms in total. The van der Waals surface area contributed by atoms with Crippen LogP contribution in [0, 0.1) is 0 Å². The van der Waals surface area contributed by atoms with Gasteiger partial charge in [0.1, 0.15) is 5.75 Å². The molecule has 0 aliphatic rings. The van der Waals surface area contributed by atoms with E-state index in [0.29, 0.717) is 17.3 Å². The number of rotatable bonds is 7. The lowest BCUT2D eigenvalue weighted by atomic mass is 10.1. The lowest BCUT2D eigenvalue weighted by Gasteiger charge is -2.29. The third kappa shape index (κ3) is 6.77. The Morgan fingerprint density at radius 3 is 2.56 bits per heavy atom. The van der Waals surface area contributed by atoms with E-state index in [0.717, 1.165) is 18.2 Å². The van der Waals surface area contributed by atoms with Gasteiger partial charge in [-0.3, -0.25) is 0 Å². The summed E-state index contributed by atoms with van der Waals surface area (Å²) < 4.78 is 27.6. The number of hydrogen-bond acceptors (Lipinski definition) is 4. The molecule has 0 bridgehead atoms. The number of carbonyl (C=O) groups excluding carboxylic acids is 1. The highest BCUT2D eigenvalue weighted by atomic mass is 35.5. The number of carbonyl (C=O) groups is 1. The number of nitrogens with zero attached hydrogens (tertiary/aromatic N) is 1. The molecule has 2 rings (SSSR count). The first-order valence-electron chi connectivity index (χ1n) is 8.49. The average Bonchev–Trinajstić information content (AvgIpc) is 2.57. The fraction of sp³-hybridized carbons (Fsp3) is 0.316. The molecule has 2 aromatic carbocycles. The van der Waals surface area contributed by atoms with Crippen molar-refractivity contribution in [3.8, 4) is 5.75 Å². The third-order valence-electron chi connectivity index (χ3n) is 3.96. The van der Waals surface area contributed by atoms with Crippen LogP contribution < -0.4 is 9.50 Å². The maximum Gasteiger partial charge on any atom is 0.322 e. The number of halogens is 1. The lowest BCUT2D eigenvalue weighted by Crippen LogP contribution is -2.40. The van der Waals surface area contributed by atoms with Gasteiger partial charge in [-0.2, -0.15) is 8.42 Å². The van der Waals surface area contributed by atoms with Crippen molar-refractivity contribution in [2.45, 2.75) is 32.9 Å².